The summed E-state index contributed by atoms with van der Waals surface area (Å²) in [6, 6.07) is 0.623. The topological polar surface area (TPSA) is 21.3 Å². The zero-order chi connectivity index (χ0) is 10.6. The van der Waals surface area contributed by atoms with Gasteiger partial charge >= 0.3 is 0 Å². The van der Waals surface area contributed by atoms with Crippen LogP contribution in [0.3, 0.4) is 0 Å². The van der Waals surface area contributed by atoms with Crippen LogP contribution in [0.25, 0.3) is 0 Å². The van der Waals surface area contributed by atoms with Crippen molar-refractivity contribution in [3.05, 3.63) is 12.2 Å². The second kappa shape index (κ2) is 4.94. The molecule has 1 aliphatic heterocycles. The molecule has 14 heavy (non-hydrogen) atoms. The van der Waals surface area contributed by atoms with Crippen molar-refractivity contribution >= 4 is 0 Å². The first-order valence-corrected chi connectivity index (χ1v) is 5.51. The molecule has 0 aromatic carbocycles. The standard InChI is InChI=1S/C12H23NO/c1-10(2)5-7-13-11-6-8-14-12(3,4)9-11/h11,13H,1,5-9H2,2-4H3. The molecule has 1 aliphatic rings. The van der Waals surface area contributed by atoms with E-state index >= 15 is 0 Å². The van der Waals surface area contributed by atoms with Gasteiger partial charge in [-0.15, -0.1) is 6.58 Å². The molecule has 2 nitrogen and oxygen atoms in total. The summed E-state index contributed by atoms with van der Waals surface area (Å²) in [5.74, 6) is 0. The van der Waals surface area contributed by atoms with Gasteiger partial charge in [-0.05, 0) is 46.6 Å². The maximum Gasteiger partial charge on any atom is 0.0641 e. The predicted molar refractivity (Wildman–Crippen MR) is 60.5 cm³/mol. The minimum atomic E-state index is 0.0547. The van der Waals surface area contributed by atoms with Gasteiger partial charge in [-0.3, -0.25) is 0 Å². The molecular weight excluding hydrogens is 174 g/mol. The van der Waals surface area contributed by atoms with Crippen LogP contribution in [-0.4, -0.2) is 24.8 Å². The minimum Gasteiger partial charge on any atom is -0.375 e. The average Bonchev–Trinajstić information content (AvgIpc) is 2.01. The van der Waals surface area contributed by atoms with E-state index in [1.165, 1.54) is 5.57 Å². The zero-order valence-electron chi connectivity index (χ0n) is 9.73. The number of ether oxygens (including phenoxy) is 1. The SMILES string of the molecule is C=C(C)CCNC1CCOC(C)(C)C1. The minimum absolute atomic E-state index is 0.0547. The van der Waals surface area contributed by atoms with Crippen LogP contribution in [0, 0.1) is 0 Å². The molecule has 0 bridgehead atoms. The summed E-state index contributed by atoms with van der Waals surface area (Å²) in [6.07, 6.45) is 3.33. The highest BCUT2D eigenvalue weighted by molar-refractivity contribution is 4.90. The zero-order valence-corrected chi connectivity index (χ0v) is 9.73. The molecule has 0 saturated carbocycles. The third-order valence-corrected chi connectivity index (χ3v) is 2.68. The molecule has 0 spiro atoms. The molecule has 1 fully saturated rings. The fourth-order valence-corrected chi connectivity index (χ4v) is 1.90. The van der Waals surface area contributed by atoms with Gasteiger partial charge in [0.2, 0.25) is 0 Å². The molecule has 1 rings (SSSR count). The molecule has 1 unspecified atom stereocenters. The van der Waals surface area contributed by atoms with Crippen molar-refractivity contribution in [1.82, 2.24) is 5.32 Å². The van der Waals surface area contributed by atoms with Gasteiger partial charge in [0.25, 0.3) is 0 Å². The highest BCUT2D eigenvalue weighted by Gasteiger charge is 2.28. The van der Waals surface area contributed by atoms with E-state index in [1.807, 2.05) is 0 Å². The first kappa shape index (κ1) is 11.7. The van der Waals surface area contributed by atoms with E-state index in [9.17, 15) is 0 Å². The van der Waals surface area contributed by atoms with Crippen molar-refractivity contribution in [3.63, 3.8) is 0 Å². The van der Waals surface area contributed by atoms with Crippen molar-refractivity contribution in [1.29, 1.82) is 0 Å². The Balaban J connectivity index is 2.21. The Morgan fingerprint density at radius 2 is 2.29 bits per heavy atom. The summed E-state index contributed by atoms with van der Waals surface area (Å²) in [5.41, 5.74) is 1.31. The smallest absolute Gasteiger partial charge is 0.0641 e. The molecular formula is C12H23NO. The van der Waals surface area contributed by atoms with E-state index < -0.39 is 0 Å². The lowest BCUT2D eigenvalue weighted by atomic mass is 9.94. The van der Waals surface area contributed by atoms with Gasteiger partial charge in [0.05, 0.1) is 5.60 Å². The van der Waals surface area contributed by atoms with Gasteiger partial charge in [0, 0.05) is 12.6 Å². The van der Waals surface area contributed by atoms with E-state index in [2.05, 4.69) is 32.7 Å². The molecule has 1 saturated heterocycles. The van der Waals surface area contributed by atoms with Gasteiger partial charge < -0.3 is 10.1 Å². The molecule has 82 valence electrons. The summed E-state index contributed by atoms with van der Waals surface area (Å²) in [7, 11) is 0. The van der Waals surface area contributed by atoms with Crippen molar-refractivity contribution in [2.24, 2.45) is 0 Å². The molecule has 0 aromatic heterocycles. The molecule has 0 aliphatic carbocycles. The summed E-state index contributed by atoms with van der Waals surface area (Å²) < 4.78 is 5.67. The number of hydrogen-bond acceptors (Lipinski definition) is 2. The second-order valence-corrected chi connectivity index (χ2v) is 4.96. The average molecular weight is 197 g/mol. The fourth-order valence-electron chi connectivity index (χ4n) is 1.90. The molecule has 1 N–H and O–H groups in total. The Labute approximate surface area is 87.7 Å². The molecule has 0 amide bonds. The van der Waals surface area contributed by atoms with Gasteiger partial charge in [-0.1, -0.05) is 5.57 Å². The van der Waals surface area contributed by atoms with Crippen LogP contribution < -0.4 is 5.32 Å². The van der Waals surface area contributed by atoms with E-state index in [4.69, 9.17) is 4.74 Å². The molecule has 1 heterocycles. The van der Waals surface area contributed by atoms with Gasteiger partial charge in [0.15, 0.2) is 0 Å². The highest BCUT2D eigenvalue weighted by Crippen LogP contribution is 2.23. The second-order valence-electron chi connectivity index (χ2n) is 4.96. The Morgan fingerprint density at radius 3 is 2.86 bits per heavy atom. The van der Waals surface area contributed by atoms with Crippen LogP contribution in [0.15, 0.2) is 12.2 Å². The van der Waals surface area contributed by atoms with Crippen molar-refractivity contribution < 1.29 is 4.74 Å². The van der Waals surface area contributed by atoms with Crippen LogP contribution >= 0.6 is 0 Å². The van der Waals surface area contributed by atoms with Crippen LogP contribution in [0.2, 0.25) is 0 Å². The normalized spacial score (nSPS) is 26.1. The molecule has 0 aromatic rings. The summed E-state index contributed by atoms with van der Waals surface area (Å²) in [6.45, 7) is 12.3. The lowest BCUT2D eigenvalue weighted by molar-refractivity contribution is -0.0627. The largest absolute Gasteiger partial charge is 0.375 e. The Bertz CT molecular complexity index is 198. The van der Waals surface area contributed by atoms with Gasteiger partial charge in [-0.2, -0.15) is 0 Å². The van der Waals surface area contributed by atoms with E-state index in [0.717, 1.165) is 32.4 Å². The highest BCUT2D eigenvalue weighted by atomic mass is 16.5. The number of nitrogens with one attached hydrogen (secondary N) is 1. The van der Waals surface area contributed by atoms with E-state index in [0.29, 0.717) is 6.04 Å². The van der Waals surface area contributed by atoms with Gasteiger partial charge in [0.1, 0.15) is 0 Å². The lowest BCUT2D eigenvalue weighted by Gasteiger charge is -2.36. The fraction of sp³-hybridized carbons (Fsp3) is 0.833. The van der Waals surface area contributed by atoms with E-state index in [-0.39, 0.29) is 5.60 Å². The quantitative estimate of drug-likeness (QED) is 0.699. The number of rotatable bonds is 4. The Morgan fingerprint density at radius 1 is 1.57 bits per heavy atom. The Hall–Kier alpha value is -0.340. The monoisotopic (exact) mass is 197 g/mol. The van der Waals surface area contributed by atoms with Crippen molar-refractivity contribution in [2.75, 3.05) is 13.2 Å². The molecule has 0 radical (unpaired) electrons. The molecule has 1 atom stereocenters. The van der Waals surface area contributed by atoms with E-state index in [1.54, 1.807) is 0 Å². The van der Waals surface area contributed by atoms with Crippen LogP contribution in [0.1, 0.15) is 40.0 Å². The van der Waals surface area contributed by atoms with Crippen LogP contribution in [0.5, 0.6) is 0 Å². The maximum absolute atomic E-state index is 5.67. The first-order valence-electron chi connectivity index (χ1n) is 5.51. The lowest BCUT2D eigenvalue weighted by Crippen LogP contribution is -2.43. The van der Waals surface area contributed by atoms with Crippen molar-refractivity contribution in [3.8, 4) is 0 Å². The van der Waals surface area contributed by atoms with Gasteiger partial charge in [-0.25, -0.2) is 0 Å². The summed E-state index contributed by atoms with van der Waals surface area (Å²) in [4.78, 5) is 0. The summed E-state index contributed by atoms with van der Waals surface area (Å²) >= 11 is 0. The first-order chi connectivity index (χ1) is 6.49. The number of hydrogen-bond donors (Lipinski definition) is 1. The third kappa shape index (κ3) is 4.25. The third-order valence-electron chi connectivity index (χ3n) is 2.68. The predicted octanol–water partition coefficient (Wildman–Crippen LogP) is 2.50. The molecule has 2 heteroatoms. The van der Waals surface area contributed by atoms with Crippen molar-refractivity contribution in [2.45, 2.75) is 51.7 Å². The summed E-state index contributed by atoms with van der Waals surface area (Å²) in [5, 5.41) is 3.57. The maximum atomic E-state index is 5.67. The van der Waals surface area contributed by atoms with Crippen LogP contribution in [-0.2, 0) is 4.74 Å². The Kier molecular flexibility index (Phi) is 4.14. The van der Waals surface area contributed by atoms with Crippen LogP contribution in [0.4, 0.5) is 0 Å².